The molecule has 0 fully saturated rings. The van der Waals surface area contributed by atoms with Gasteiger partial charge >= 0.3 is 0 Å². The summed E-state index contributed by atoms with van der Waals surface area (Å²) in [5.74, 6) is 0.222. The number of halogens is 1. The smallest absolute Gasteiger partial charge is 0.208 e. The summed E-state index contributed by atoms with van der Waals surface area (Å²) in [5.41, 5.74) is 0. The Hall–Kier alpha value is -0.340. The summed E-state index contributed by atoms with van der Waals surface area (Å²) in [6, 6.07) is 0. The first-order chi connectivity index (χ1) is 3.33. The van der Waals surface area contributed by atoms with Crippen LogP contribution in [0.2, 0.25) is 0 Å². The van der Waals surface area contributed by atoms with Crippen molar-refractivity contribution >= 4 is 17.3 Å². The van der Waals surface area contributed by atoms with Gasteiger partial charge in [-0.05, 0) is 11.6 Å². The first kappa shape index (κ1) is 9.83. The van der Waals surface area contributed by atoms with Crippen LogP contribution < -0.4 is 0 Å². The molecule has 0 aliphatic carbocycles. The van der Waals surface area contributed by atoms with Crippen molar-refractivity contribution in [2.24, 2.45) is 0 Å². The highest BCUT2D eigenvalue weighted by atomic mass is 35.5. The van der Waals surface area contributed by atoms with Crippen LogP contribution in [0.3, 0.4) is 0 Å². The standard InChI is InChI=1S/C3H6O.CHClO/c1-2-3-4;2-1-3/h2,4H,1,3H2;1H. The van der Waals surface area contributed by atoms with Gasteiger partial charge in [0, 0.05) is 0 Å². The van der Waals surface area contributed by atoms with Gasteiger partial charge in [-0.15, -0.1) is 6.58 Å². The minimum absolute atomic E-state index is 0.0833. The molecule has 0 saturated heterocycles. The molecule has 0 saturated carbocycles. The normalized spacial score (nSPS) is 5.43. The highest BCUT2D eigenvalue weighted by molar-refractivity contribution is 6.54. The fourth-order valence-corrected chi connectivity index (χ4v) is 0. The lowest BCUT2D eigenvalue weighted by Gasteiger charge is -1.60. The van der Waals surface area contributed by atoms with E-state index in [0.717, 1.165) is 0 Å². The van der Waals surface area contributed by atoms with Crippen molar-refractivity contribution in [3.05, 3.63) is 12.7 Å². The maximum atomic E-state index is 8.57. The van der Waals surface area contributed by atoms with Gasteiger partial charge in [0.25, 0.3) is 0 Å². The van der Waals surface area contributed by atoms with Crippen molar-refractivity contribution in [2.75, 3.05) is 6.61 Å². The van der Waals surface area contributed by atoms with Crippen LogP contribution in [0.15, 0.2) is 12.7 Å². The molecule has 0 heterocycles. The first-order valence-corrected chi connectivity index (χ1v) is 2.02. The maximum absolute atomic E-state index is 8.57. The van der Waals surface area contributed by atoms with Crippen molar-refractivity contribution in [2.45, 2.75) is 0 Å². The van der Waals surface area contributed by atoms with E-state index >= 15 is 0 Å². The van der Waals surface area contributed by atoms with E-state index < -0.39 is 0 Å². The van der Waals surface area contributed by atoms with E-state index in [4.69, 9.17) is 9.90 Å². The van der Waals surface area contributed by atoms with Crippen LogP contribution in [-0.2, 0) is 4.79 Å². The lowest BCUT2D eigenvalue weighted by molar-refractivity contribution is 0.343. The quantitative estimate of drug-likeness (QED) is 0.314. The number of hydrogen-bond donors (Lipinski definition) is 1. The second kappa shape index (κ2) is 17.4. The number of carbonyl (C=O) groups is 1. The lowest BCUT2D eigenvalue weighted by Crippen LogP contribution is -1.62. The molecule has 0 aromatic rings. The molecule has 3 heteroatoms. The molecule has 0 radical (unpaired) electrons. The van der Waals surface area contributed by atoms with Gasteiger partial charge in [-0.1, -0.05) is 6.08 Å². The summed E-state index contributed by atoms with van der Waals surface area (Å²) in [6.45, 7) is 3.31. The minimum Gasteiger partial charge on any atom is -0.392 e. The third-order valence-corrected chi connectivity index (χ3v) is 0.129. The molecule has 2 nitrogen and oxygen atoms in total. The Morgan fingerprint density at radius 1 is 1.86 bits per heavy atom. The molecule has 0 bridgehead atoms. The Bertz CT molecular complexity index is 45.0. The summed E-state index contributed by atoms with van der Waals surface area (Å²) in [6.07, 6.45) is 1.43. The molecule has 0 aromatic carbocycles. The van der Waals surface area contributed by atoms with Crippen molar-refractivity contribution in [1.29, 1.82) is 0 Å². The molecule has 0 aliphatic rings. The molecule has 1 N–H and O–H groups in total. The van der Waals surface area contributed by atoms with Gasteiger partial charge in [-0.3, -0.25) is 4.79 Å². The van der Waals surface area contributed by atoms with Crippen LogP contribution in [-0.4, -0.2) is 17.5 Å². The minimum atomic E-state index is 0.0833. The van der Waals surface area contributed by atoms with Crippen LogP contribution in [0.4, 0.5) is 0 Å². The van der Waals surface area contributed by atoms with Gasteiger partial charge in [0.15, 0.2) is 0 Å². The fourth-order valence-electron chi connectivity index (χ4n) is 0. The highest BCUT2D eigenvalue weighted by Crippen LogP contribution is 1.46. The van der Waals surface area contributed by atoms with E-state index in [1.165, 1.54) is 6.08 Å². The predicted molar refractivity (Wildman–Crippen MR) is 29.9 cm³/mol. The molecule has 0 aliphatic heterocycles. The van der Waals surface area contributed by atoms with E-state index in [-0.39, 0.29) is 12.4 Å². The Labute approximate surface area is 47.4 Å². The molecule has 7 heavy (non-hydrogen) atoms. The molecule has 0 aromatic heterocycles. The van der Waals surface area contributed by atoms with Gasteiger partial charge < -0.3 is 5.11 Å². The van der Waals surface area contributed by atoms with E-state index in [1.54, 1.807) is 0 Å². The third kappa shape index (κ3) is 174. The molecule has 0 rings (SSSR count). The maximum Gasteiger partial charge on any atom is 0.208 e. The van der Waals surface area contributed by atoms with E-state index in [1.807, 2.05) is 0 Å². The van der Waals surface area contributed by atoms with Crippen LogP contribution in [0.5, 0.6) is 0 Å². The number of hydrogen-bond acceptors (Lipinski definition) is 2. The van der Waals surface area contributed by atoms with Crippen LogP contribution in [0, 0.1) is 0 Å². The number of aliphatic hydroxyl groups is 1. The van der Waals surface area contributed by atoms with Crippen molar-refractivity contribution in [3.63, 3.8) is 0 Å². The fraction of sp³-hybridized carbons (Fsp3) is 0.250. The van der Waals surface area contributed by atoms with E-state index in [0.29, 0.717) is 0 Å². The number of aliphatic hydroxyl groups excluding tert-OH is 1. The molecule has 0 atom stereocenters. The molecule has 42 valence electrons. The summed E-state index contributed by atoms with van der Waals surface area (Å²) in [7, 11) is 0. The SMILES string of the molecule is C=CCO.O=CCl. The summed E-state index contributed by atoms with van der Waals surface area (Å²) < 4.78 is 0. The van der Waals surface area contributed by atoms with Crippen LogP contribution in [0.25, 0.3) is 0 Å². The average molecular weight is 123 g/mol. The zero-order chi connectivity index (χ0) is 6.12. The highest BCUT2D eigenvalue weighted by Gasteiger charge is 1.45. The Kier molecular flexibility index (Phi) is 24.4. The van der Waals surface area contributed by atoms with Gasteiger partial charge in [0.2, 0.25) is 5.75 Å². The van der Waals surface area contributed by atoms with Crippen molar-refractivity contribution < 1.29 is 9.90 Å². The van der Waals surface area contributed by atoms with Gasteiger partial charge in [0.05, 0.1) is 6.61 Å². The molecule has 0 unspecified atom stereocenters. The average Bonchev–Trinajstić information content (AvgIpc) is 1.69. The van der Waals surface area contributed by atoms with Gasteiger partial charge in [-0.25, -0.2) is 0 Å². The van der Waals surface area contributed by atoms with Crippen molar-refractivity contribution in [1.82, 2.24) is 0 Å². The second-order valence-corrected chi connectivity index (χ2v) is 0.739. The zero-order valence-corrected chi connectivity index (χ0v) is 4.56. The summed E-state index contributed by atoms with van der Waals surface area (Å²) >= 11 is 4.32. The summed E-state index contributed by atoms with van der Waals surface area (Å²) in [4.78, 5) is 8.57. The van der Waals surface area contributed by atoms with E-state index in [2.05, 4.69) is 18.2 Å². The summed E-state index contributed by atoms with van der Waals surface area (Å²) in [5, 5.41) is 7.76. The zero-order valence-electron chi connectivity index (χ0n) is 3.80. The largest absolute Gasteiger partial charge is 0.392 e. The number of rotatable bonds is 1. The van der Waals surface area contributed by atoms with Gasteiger partial charge in [0.1, 0.15) is 0 Å². The third-order valence-electron chi connectivity index (χ3n) is 0.129. The predicted octanol–water partition coefficient (Wildman–Crippen LogP) is 0.580. The molecule has 0 spiro atoms. The van der Waals surface area contributed by atoms with E-state index in [9.17, 15) is 0 Å². The molecular weight excluding hydrogens is 115 g/mol. The Morgan fingerprint density at radius 3 is 2.00 bits per heavy atom. The van der Waals surface area contributed by atoms with Crippen LogP contribution >= 0.6 is 11.6 Å². The topological polar surface area (TPSA) is 37.3 Å². The molecular formula is C4H7ClO2. The molecule has 0 amide bonds. The Balaban J connectivity index is 0. The monoisotopic (exact) mass is 122 g/mol. The van der Waals surface area contributed by atoms with Gasteiger partial charge in [-0.2, -0.15) is 0 Å². The second-order valence-electron chi connectivity index (χ2n) is 0.560. The first-order valence-electron chi connectivity index (χ1n) is 1.59. The lowest BCUT2D eigenvalue weighted by atomic mass is 10.7. The number of carbonyl (C=O) groups excluding carboxylic acids is 1. The van der Waals surface area contributed by atoms with Crippen LogP contribution in [0.1, 0.15) is 0 Å². The van der Waals surface area contributed by atoms with Crippen molar-refractivity contribution in [3.8, 4) is 0 Å². The Morgan fingerprint density at radius 2 is 2.00 bits per heavy atom.